The Hall–Kier alpha value is -1.29. The van der Waals surface area contributed by atoms with Crippen LogP contribution in [0.2, 0.25) is 0 Å². The SMILES string of the molecule is CCCCCCCC/C=C/CCCCCCCCCC(=O)OC[C@H](COP(=O)(O)OC[C@@H](O)CO)OC(=O)CCCCCCCCCCCCCCCCCCCCCC. The maximum Gasteiger partial charge on any atom is 0.472 e. The molecule has 0 amide bonds. The molecule has 0 rings (SSSR count). The minimum Gasteiger partial charge on any atom is -0.462 e. The van der Waals surface area contributed by atoms with Crippen molar-refractivity contribution in [3.8, 4) is 0 Å². The average molecular weight is 875 g/mol. The summed E-state index contributed by atoms with van der Waals surface area (Å²) in [5, 5.41) is 18.4. The second kappa shape index (κ2) is 45.7. The van der Waals surface area contributed by atoms with Crippen molar-refractivity contribution in [3.63, 3.8) is 0 Å². The number of carbonyl (C=O) groups excluding carboxylic acids is 2. The average Bonchev–Trinajstić information content (AvgIpc) is 3.24. The van der Waals surface area contributed by atoms with E-state index in [1.165, 1.54) is 167 Å². The molecule has 0 aromatic rings. The van der Waals surface area contributed by atoms with Crippen LogP contribution in [-0.4, -0.2) is 65.7 Å². The normalized spacial score (nSPS) is 13.8. The summed E-state index contributed by atoms with van der Waals surface area (Å²) >= 11 is 0. The van der Waals surface area contributed by atoms with Crippen LogP contribution < -0.4 is 0 Å². The van der Waals surface area contributed by atoms with E-state index in [4.69, 9.17) is 23.6 Å². The third-order valence-electron chi connectivity index (χ3n) is 11.2. The Kier molecular flexibility index (Phi) is 44.7. The summed E-state index contributed by atoms with van der Waals surface area (Å²) < 4.78 is 32.9. The number of phosphoric acid groups is 1. The van der Waals surface area contributed by atoms with Crippen LogP contribution in [0.25, 0.3) is 0 Å². The summed E-state index contributed by atoms with van der Waals surface area (Å²) in [6.07, 6.45) is 46.0. The molecule has 0 bridgehead atoms. The van der Waals surface area contributed by atoms with Gasteiger partial charge >= 0.3 is 19.8 Å². The number of hydrogen-bond donors (Lipinski definition) is 3. The monoisotopic (exact) mass is 875 g/mol. The predicted molar refractivity (Wildman–Crippen MR) is 247 cm³/mol. The first-order chi connectivity index (χ1) is 29.2. The van der Waals surface area contributed by atoms with Crippen molar-refractivity contribution in [1.29, 1.82) is 0 Å². The number of hydrogen-bond acceptors (Lipinski definition) is 9. The number of carbonyl (C=O) groups is 2. The van der Waals surface area contributed by atoms with Gasteiger partial charge in [0.15, 0.2) is 6.10 Å². The molecule has 3 N–H and O–H groups in total. The topological polar surface area (TPSA) is 149 Å². The molecule has 0 saturated carbocycles. The molecule has 0 spiro atoms. The zero-order valence-corrected chi connectivity index (χ0v) is 39.8. The van der Waals surface area contributed by atoms with Gasteiger partial charge in [-0.05, 0) is 38.5 Å². The lowest BCUT2D eigenvalue weighted by Crippen LogP contribution is -2.29. The number of aliphatic hydroxyl groups excluding tert-OH is 2. The molecule has 0 heterocycles. The summed E-state index contributed by atoms with van der Waals surface area (Å²) in [7, 11) is -4.62. The number of ether oxygens (including phenoxy) is 2. The van der Waals surface area contributed by atoms with Crippen LogP contribution in [0, 0.1) is 0 Å². The molecule has 0 fully saturated rings. The number of unbranched alkanes of at least 4 members (excludes halogenated alkanes) is 32. The largest absolute Gasteiger partial charge is 0.472 e. The van der Waals surface area contributed by atoms with E-state index in [0.29, 0.717) is 12.8 Å². The number of phosphoric ester groups is 1. The van der Waals surface area contributed by atoms with Crippen LogP contribution >= 0.6 is 7.82 Å². The van der Waals surface area contributed by atoms with Gasteiger partial charge in [0.05, 0.1) is 19.8 Å². The van der Waals surface area contributed by atoms with Gasteiger partial charge in [-0.15, -0.1) is 0 Å². The third-order valence-corrected chi connectivity index (χ3v) is 12.1. The van der Waals surface area contributed by atoms with Crippen molar-refractivity contribution in [2.45, 2.75) is 264 Å². The molecule has 60 heavy (non-hydrogen) atoms. The van der Waals surface area contributed by atoms with E-state index in [2.05, 4.69) is 26.0 Å². The van der Waals surface area contributed by atoms with E-state index in [9.17, 15) is 24.2 Å². The fraction of sp³-hybridized carbons (Fsp3) is 0.918. The fourth-order valence-corrected chi connectivity index (χ4v) is 8.07. The number of aliphatic hydroxyl groups is 2. The molecule has 0 aromatic heterocycles. The van der Waals surface area contributed by atoms with Gasteiger partial charge in [-0.25, -0.2) is 4.57 Å². The molecule has 0 saturated heterocycles. The van der Waals surface area contributed by atoms with Crippen LogP contribution in [0.15, 0.2) is 12.2 Å². The second-order valence-electron chi connectivity index (χ2n) is 17.2. The lowest BCUT2D eigenvalue weighted by molar-refractivity contribution is -0.161. The molecule has 0 aliphatic heterocycles. The maximum atomic E-state index is 12.7. The van der Waals surface area contributed by atoms with E-state index < -0.39 is 51.8 Å². The smallest absolute Gasteiger partial charge is 0.462 e. The number of allylic oxidation sites excluding steroid dienone is 2. The van der Waals surface area contributed by atoms with Gasteiger partial charge in [-0.3, -0.25) is 18.6 Å². The summed E-state index contributed by atoms with van der Waals surface area (Å²) in [5.74, 6) is -0.914. The van der Waals surface area contributed by atoms with Crippen LogP contribution in [0.1, 0.15) is 251 Å². The highest BCUT2D eigenvalue weighted by Gasteiger charge is 2.27. The van der Waals surface area contributed by atoms with E-state index >= 15 is 0 Å². The molecule has 3 atom stereocenters. The standard InChI is InChI=1S/C49H95O10P/c1-3-5-7-9-11-13-15-17-19-21-22-23-25-27-29-31-33-35-37-39-41-49(53)59-47(45-58-60(54,55)57-43-46(51)42-50)44-56-48(52)40-38-36-34-32-30-28-26-24-20-18-16-14-12-10-8-6-4-2/h18,20,46-47,50-51H,3-17,19,21-45H2,1-2H3,(H,54,55)/b20-18+/t46-,47+/m0/s1. The van der Waals surface area contributed by atoms with Gasteiger partial charge < -0.3 is 24.6 Å². The van der Waals surface area contributed by atoms with Crippen molar-refractivity contribution in [1.82, 2.24) is 0 Å². The third kappa shape index (κ3) is 44.8. The second-order valence-corrected chi connectivity index (χ2v) is 18.7. The zero-order chi connectivity index (χ0) is 44.0. The predicted octanol–water partition coefficient (Wildman–Crippen LogP) is 14.0. The Morgan fingerprint density at radius 2 is 0.817 bits per heavy atom. The van der Waals surface area contributed by atoms with Gasteiger partial charge in [0.2, 0.25) is 0 Å². The van der Waals surface area contributed by atoms with Crippen molar-refractivity contribution in [2.24, 2.45) is 0 Å². The first-order valence-electron chi connectivity index (χ1n) is 25.1. The lowest BCUT2D eigenvalue weighted by Gasteiger charge is -2.20. The maximum absolute atomic E-state index is 12.7. The molecule has 0 aliphatic rings. The molecule has 1 unspecified atom stereocenters. The van der Waals surface area contributed by atoms with Gasteiger partial charge in [0.1, 0.15) is 12.7 Å². The molecule has 0 aromatic carbocycles. The highest BCUT2D eigenvalue weighted by Crippen LogP contribution is 2.43. The van der Waals surface area contributed by atoms with E-state index in [0.717, 1.165) is 44.9 Å². The highest BCUT2D eigenvalue weighted by molar-refractivity contribution is 7.47. The number of rotatable bonds is 48. The van der Waals surface area contributed by atoms with Gasteiger partial charge in [0, 0.05) is 12.8 Å². The molecule has 0 radical (unpaired) electrons. The molecular weight excluding hydrogens is 780 g/mol. The minimum absolute atomic E-state index is 0.190. The van der Waals surface area contributed by atoms with Crippen molar-refractivity contribution >= 4 is 19.8 Å². The summed E-state index contributed by atoms with van der Waals surface area (Å²) in [4.78, 5) is 35.1. The fourth-order valence-electron chi connectivity index (χ4n) is 7.28. The molecule has 10 nitrogen and oxygen atoms in total. The van der Waals surface area contributed by atoms with E-state index in [1.54, 1.807) is 0 Å². The quantitative estimate of drug-likeness (QED) is 0.0233. The molecular formula is C49H95O10P. The first-order valence-corrected chi connectivity index (χ1v) is 26.6. The molecule has 356 valence electrons. The molecule has 0 aliphatic carbocycles. The lowest BCUT2D eigenvalue weighted by atomic mass is 10.0. The summed E-state index contributed by atoms with van der Waals surface area (Å²) in [6.45, 7) is 2.43. The van der Waals surface area contributed by atoms with Crippen LogP contribution in [0.4, 0.5) is 0 Å². The van der Waals surface area contributed by atoms with Crippen molar-refractivity contribution in [2.75, 3.05) is 26.4 Å². The Bertz CT molecular complexity index is 1010. The first kappa shape index (κ1) is 58.7. The van der Waals surface area contributed by atoms with Crippen LogP contribution in [-0.2, 0) is 32.7 Å². The van der Waals surface area contributed by atoms with Gasteiger partial charge in [-0.2, -0.15) is 0 Å². The van der Waals surface area contributed by atoms with Crippen molar-refractivity contribution < 1.29 is 47.8 Å². The number of esters is 2. The Morgan fingerprint density at radius 3 is 1.20 bits per heavy atom. The van der Waals surface area contributed by atoms with Crippen molar-refractivity contribution in [3.05, 3.63) is 12.2 Å². The van der Waals surface area contributed by atoms with Crippen LogP contribution in [0.5, 0.6) is 0 Å². The van der Waals surface area contributed by atoms with Gasteiger partial charge in [0.25, 0.3) is 0 Å². The van der Waals surface area contributed by atoms with E-state index in [1.807, 2.05) is 0 Å². The Labute approximate surface area is 368 Å². The van der Waals surface area contributed by atoms with Crippen LogP contribution in [0.3, 0.4) is 0 Å². The van der Waals surface area contributed by atoms with E-state index in [-0.39, 0.29) is 19.4 Å². The zero-order valence-electron chi connectivity index (χ0n) is 38.9. The minimum atomic E-state index is -4.62. The summed E-state index contributed by atoms with van der Waals surface area (Å²) in [5.41, 5.74) is 0. The Morgan fingerprint density at radius 1 is 0.483 bits per heavy atom. The Balaban J connectivity index is 4.16. The highest BCUT2D eigenvalue weighted by atomic mass is 31.2. The summed E-state index contributed by atoms with van der Waals surface area (Å²) in [6, 6.07) is 0. The van der Waals surface area contributed by atoms with Gasteiger partial charge in [-0.1, -0.05) is 212 Å². The molecule has 11 heteroatoms.